The highest BCUT2D eigenvalue weighted by Gasteiger charge is 2.67. The third kappa shape index (κ3) is 1.51. The highest BCUT2D eigenvalue weighted by Crippen LogP contribution is 2.60. The lowest BCUT2D eigenvalue weighted by atomic mass is 9.58. The maximum atomic E-state index is 11.0. The molecule has 5 rings (SSSR count). The fourth-order valence-electron chi connectivity index (χ4n) is 6.04. The molecule has 1 spiro atoms. The van der Waals surface area contributed by atoms with Gasteiger partial charge in [0.05, 0.1) is 19.3 Å². The summed E-state index contributed by atoms with van der Waals surface area (Å²) in [5, 5.41) is 21.8. The molecular formula is C19H24N2O3. The largest absolute Gasteiger partial charge is 0.497 e. The number of methoxy groups -OCH3 is 1. The van der Waals surface area contributed by atoms with Gasteiger partial charge in [0.1, 0.15) is 11.9 Å². The van der Waals surface area contributed by atoms with Crippen molar-refractivity contribution in [3.63, 3.8) is 0 Å². The van der Waals surface area contributed by atoms with E-state index in [0.717, 1.165) is 30.9 Å². The first kappa shape index (κ1) is 14.8. The third-order valence-corrected chi connectivity index (χ3v) is 6.90. The Hall–Kier alpha value is -1.56. The van der Waals surface area contributed by atoms with Crippen molar-refractivity contribution in [2.75, 3.05) is 32.1 Å². The molecule has 6 atom stereocenters. The Morgan fingerprint density at radius 1 is 1.21 bits per heavy atom. The SMILES string of the molecule is COc1ccc2c(c1)N(C)C1C(O)C(O)C3C=CCN4CC[C@]21C34. The summed E-state index contributed by atoms with van der Waals surface area (Å²) in [6.45, 7) is 1.95. The molecule has 4 aliphatic rings. The molecule has 128 valence electrons. The molecule has 0 bridgehead atoms. The van der Waals surface area contributed by atoms with E-state index in [1.54, 1.807) is 7.11 Å². The van der Waals surface area contributed by atoms with Crippen molar-refractivity contribution in [1.82, 2.24) is 4.90 Å². The number of likely N-dealkylation sites (N-methyl/N-ethyl adjacent to an activating group) is 1. The Labute approximate surface area is 142 Å². The van der Waals surface area contributed by atoms with Gasteiger partial charge in [-0.15, -0.1) is 0 Å². The first-order valence-corrected chi connectivity index (χ1v) is 8.78. The quantitative estimate of drug-likeness (QED) is 0.745. The molecule has 1 aromatic rings. The summed E-state index contributed by atoms with van der Waals surface area (Å²) in [4.78, 5) is 4.66. The van der Waals surface area contributed by atoms with Crippen LogP contribution in [-0.4, -0.2) is 66.7 Å². The molecular weight excluding hydrogens is 304 g/mol. The zero-order valence-electron chi connectivity index (χ0n) is 14.1. The molecule has 1 aliphatic carbocycles. The van der Waals surface area contributed by atoms with E-state index in [1.807, 2.05) is 13.1 Å². The van der Waals surface area contributed by atoms with Gasteiger partial charge in [0.15, 0.2) is 0 Å². The van der Waals surface area contributed by atoms with Gasteiger partial charge in [0.2, 0.25) is 0 Å². The summed E-state index contributed by atoms with van der Waals surface area (Å²) >= 11 is 0. The maximum absolute atomic E-state index is 11.0. The molecule has 1 saturated heterocycles. The zero-order valence-corrected chi connectivity index (χ0v) is 14.1. The summed E-state index contributed by atoms with van der Waals surface area (Å²) in [5.41, 5.74) is 2.31. The smallest absolute Gasteiger partial charge is 0.120 e. The number of hydrogen-bond donors (Lipinski definition) is 2. The van der Waals surface area contributed by atoms with Crippen LogP contribution in [0.1, 0.15) is 12.0 Å². The lowest BCUT2D eigenvalue weighted by Crippen LogP contribution is -2.69. The molecule has 1 aromatic carbocycles. The van der Waals surface area contributed by atoms with E-state index in [1.165, 1.54) is 5.56 Å². The standard InChI is InChI=1S/C19H24N2O3/c1-20-14-10-11(24-2)5-6-13(14)19-7-9-21-8-3-4-12(17(19)21)15(22)16(23)18(19)20/h3-6,10,12,15-18,22-23H,7-9H2,1-2H3/t12?,15?,16?,17?,18?,19-/m1/s1. The average Bonchev–Trinajstić information content (AvgIpc) is 3.11. The Morgan fingerprint density at radius 3 is 2.83 bits per heavy atom. The predicted octanol–water partition coefficient (Wildman–Crippen LogP) is 0.747. The van der Waals surface area contributed by atoms with E-state index < -0.39 is 12.2 Å². The number of hydrogen-bond acceptors (Lipinski definition) is 5. The monoisotopic (exact) mass is 328 g/mol. The van der Waals surface area contributed by atoms with E-state index in [0.29, 0.717) is 0 Å². The highest BCUT2D eigenvalue weighted by atomic mass is 16.5. The minimum absolute atomic E-state index is 0.00560. The Kier molecular flexibility index (Phi) is 2.92. The first-order valence-electron chi connectivity index (χ1n) is 8.78. The van der Waals surface area contributed by atoms with Gasteiger partial charge in [0, 0.05) is 42.7 Å². The molecule has 0 radical (unpaired) electrons. The van der Waals surface area contributed by atoms with Gasteiger partial charge in [-0.3, -0.25) is 4.90 Å². The Bertz CT molecular complexity index is 721. The number of fused-ring (bicyclic) bond motifs is 1. The average molecular weight is 328 g/mol. The first-order chi connectivity index (χ1) is 11.6. The molecule has 0 aromatic heterocycles. The van der Waals surface area contributed by atoms with E-state index in [9.17, 15) is 10.2 Å². The fraction of sp³-hybridized carbons (Fsp3) is 0.579. The minimum Gasteiger partial charge on any atom is -0.497 e. The second-order valence-corrected chi connectivity index (χ2v) is 7.66. The molecule has 2 fully saturated rings. The summed E-state index contributed by atoms with van der Waals surface area (Å²) in [6.07, 6.45) is 3.82. The molecule has 3 heterocycles. The summed E-state index contributed by atoms with van der Waals surface area (Å²) in [7, 11) is 3.72. The predicted molar refractivity (Wildman–Crippen MR) is 91.5 cm³/mol. The summed E-state index contributed by atoms with van der Waals surface area (Å²) < 4.78 is 5.41. The van der Waals surface area contributed by atoms with Crippen LogP contribution in [0.2, 0.25) is 0 Å². The molecule has 1 saturated carbocycles. The van der Waals surface area contributed by atoms with Gasteiger partial charge in [0.25, 0.3) is 0 Å². The Balaban J connectivity index is 1.75. The molecule has 5 unspecified atom stereocenters. The molecule has 0 amide bonds. The zero-order chi connectivity index (χ0) is 16.6. The number of ether oxygens (including phenoxy) is 1. The lowest BCUT2D eigenvalue weighted by Gasteiger charge is -2.54. The van der Waals surface area contributed by atoms with Gasteiger partial charge >= 0.3 is 0 Å². The van der Waals surface area contributed by atoms with Crippen LogP contribution in [0.3, 0.4) is 0 Å². The molecule has 2 N–H and O–H groups in total. The van der Waals surface area contributed by atoms with Gasteiger partial charge in [-0.2, -0.15) is 0 Å². The second-order valence-electron chi connectivity index (χ2n) is 7.66. The number of anilines is 1. The maximum Gasteiger partial charge on any atom is 0.120 e. The molecule has 3 aliphatic heterocycles. The highest BCUT2D eigenvalue weighted by molar-refractivity contribution is 5.69. The van der Waals surface area contributed by atoms with Crippen molar-refractivity contribution >= 4 is 5.69 Å². The van der Waals surface area contributed by atoms with E-state index in [-0.39, 0.29) is 23.4 Å². The van der Waals surface area contributed by atoms with Gasteiger partial charge in [-0.25, -0.2) is 0 Å². The van der Waals surface area contributed by atoms with Crippen LogP contribution in [-0.2, 0) is 5.41 Å². The number of aliphatic hydroxyl groups is 2. The number of benzene rings is 1. The van der Waals surface area contributed by atoms with Crippen LogP contribution in [0.5, 0.6) is 5.75 Å². The van der Waals surface area contributed by atoms with Crippen molar-refractivity contribution in [2.24, 2.45) is 5.92 Å². The minimum atomic E-state index is -0.752. The Morgan fingerprint density at radius 2 is 2.04 bits per heavy atom. The van der Waals surface area contributed by atoms with E-state index in [4.69, 9.17) is 4.74 Å². The van der Waals surface area contributed by atoms with Crippen LogP contribution < -0.4 is 9.64 Å². The van der Waals surface area contributed by atoms with Crippen molar-refractivity contribution in [3.8, 4) is 5.75 Å². The van der Waals surface area contributed by atoms with Crippen molar-refractivity contribution in [1.29, 1.82) is 0 Å². The van der Waals surface area contributed by atoms with Crippen LogP contribution in [0, 0.1) is 5.92 Å². The number of rotatable bonds is 1. The lowest BCUT2D eigenvalue weighted by molar-refractivity contribution is -0.0912. The van der Waals surface area contributed by atoms with Crippen LogP contribution in [0.4, 0.5) is 5.69 Å². The van der Waals surface area contributed by atoms with Gasteiger partial charge < -0.3 is 19.8 Å². The summed E-state index contributed by atoms with van der Waals surface area (Å²) in [6, 6.07) is 6.43. The van der Waals surface area contributed by atoms with Crippen molar-refractivity contribution < 1.29 is 14.9 Å². The fourth-order valence-corrected chi connectivity index (χ4v) is 6.04. The van der Waals surface area contributed by atoms with Crippen molar-refractivity contribution in [3.05, 3.63) is 35.9 Å². The topological polar surface area (TPSA) is 56.2 Å². The third-order valence-electron chi connectivity index (χ3n) is 6.90. The normalized spacial score (nSPS) is 42.7. The summed E-state index contributed by atoms with van der Waals surface area (Å²) in [5.74, 6) is 0.828. The van der Waals surface area contributed by atoms with Crippen molar-refractivity contribution in [2.45, 2.75) is 36.1 Å². The van der Waals surface area contributed by atoms with Gasteiger partial charge in [-0.05, 0) is 24.6 Å². The van der Waals surface area contributed by atoms with Crippen LogP contribution >= 0.6 is 0 Å². The number of nitrogens with zero attached hydrogens (tertiary/aromatic N) is 2. The van der Waals surface area contributed by atoms with Crippen LogP contribution in [0.25, 0.3) is 0 Å². The molecule has 5 heteroatoms. The molecule has 24 heavy (non-hydrogen) atoms. The second kappa shape index (κ2) is 4.75. The van der Waals surface area contributed by atoms with E-state index >= 15 is 0 Å². The van der Waals surface area contributed by atoms with Crippen LogP contribution in [0.15, 0.2) is 30.4 Å². The van der Waals surface area contributed by atoms with E-state index in [2.05, 4.69) is 34.1 Å². The van der Waals surface area contributed by atoms with Gasteiger partial charge in [-0.1, -0.05) is 18.2 Å². The number of aliphatic hydroxyl groups excluding tert-OH is 2. The molecule has 5 nitrogen and oxygen atoms in total.